The smallest absolute Gasteiger partial charge is 0.265 e. The highest BCUT2D eigenvalue weighted by molar-refractivity contribution is 8.14. The molecule has 2 aromatic rings. The van der Waals surface area contributed by atoms with Crippen LogP contribution in [0, 0.1) is 0 Å². The molecule has 0 radical (unpaired) electrons. The Bertz CT molecular complexity index is 620. The molecule has 0 saturated carbocycles. The Labute approximate surface area is 91.3 Å². The minimum absolute atomic E-state index is 0.234. The van der Waals surface area contributed by atoms with E-state index >= 15 is 0 Å². The minimum atomic E-state index is -3.94. The number of halogens is 1. The third kappa shape index (κ3) is 1.78. The molecule has 1 N–H and O–H groups in total. The van der Waals surface area contributed by atoms with Gasteiger partial charge in [-0.1, -0.05) is 30.3 Å². The molecular formula is C10H7ClO3S. The molecule has 0 amide bonds. The van der Waals surface area contributed by atoms with Gasteiger partial charge in [-0.05, 0) is 11.5 Å². The van der Waals surface area contributed by atoms with Crippen molar-refractivity contribution in [2.45, 2.75) is 4.90 Å². The molecule has 0 unspecified atom stereocenters. The maximum absolute atomic E-state index is 11.3. The van der Waals surface area contributed by atoms with Crippen molar-refractivity contribution < 1.29 is 13.5 Å². The van der Waals surface area contributed by atoms with E-state index in [1.165, 1.54) is 6.07 Å². The molecule has 0 atom stereocenters. The largest absolute Gasteiger partial charge is 0.507 e. The molecule has 0 saturated heterocycles. The van der Waals surface area contributed by atoms with Gasteiger partial charge in [0.15, 0.2) is 0 Å². The van der Waals surface area contributed by atoms with Crippen molar-refractivity contribution in [2.24, 2.45) is 0 Å². The fourth-order valence-electron chi connectivity index (χ4n) is 1.49. The topological polar surface area (TPSA) is 54.4 Å². The van der Waals surface area contributed by atoms with Gasteiger partial charge in [-0.15, -0.1) is 0 Å². The summed E-state index contributed by atoms with van der Waals surface area (Å²) in [6.45, 7) is 0. The number of benzene rings is 2. The molecular weight excluding hydrogens is 236 g/mol. The summed E-state index contributed by atoms with van der Waals surface area (Å²) in [7, 11) is 1.32. The molecule has 0 aliphatic heterocycles. The lowest BCUT2D eigenvalue weighted by molar-refractivity contribution is 0.461. The van der Waals surface area contributed by atoms with Crippen molar-refractivity contribution in [1.29, 1.82) is 0 Å². The summed E-state index contributed by atoms with van der Waals surface area (Å²) >= 11 is 0. The summed E-state index contributed by atoms with van der Waals surface area (Å²) in [5, 5.41) is 10.6. The summed E-state index contributed by atoms with van der Waals surface area (Å²) in [6.07, 6.45) is 0. The first-order valence-corrected chi connectivity index (χ1v) is 6.46. The van der Waals surface area contributed by atoms with Crippen LogP contribution in [-0.4, -0.2) is 13.5 Å². The molecule has 3 nitrogen and oxygen atoms in total. The van der Waals surface area contributed by atoms with Gasteiger partial charge in [0.2, 0.25) is 0 Å². The van der Waals surface area contributed by atoms with Gasteiger partial charge in [0.25, 0.3) is 9.05 Å². The Morgan fingerprint density at radius 1 is 1.07 bits per heavy atom. The number of fused-ring (bicyclic) bond motifs is 1. The summed E-state index contributed by atoms with van der Waals surface area (Å²) in [5.41, 5.74) is 0. The van der Waals surface area contributed by atoms with E-state index in [2.05, 4.69) is 0 Å². The zero-order valence-corrected chi connectivity index (χ0v) is 9.09. The zero-order chi connectivity index (χ0) is 11.1. The number of hydrogen-bond donors (Lipinski definition) is 1. The van der Waals surface area contributed by atoms with E-state index in [0.717, 1.165) is 5.39 Å². The van der Waals surface area contributed by atoms with E-state index in [4.69, 9.17) is 10.7 Å². The molecule has 2 aromatic carbocycles. The van der Waals surface area contributed by atoms with Gasteiger partial charge in [-0.2, -0.15) is 0 Å². The fraction of sp³-hybridized carbons (Fsp3) is 0. The van der Waals surface area contributed by atoms with Crippen LogP contribution in [0.2, 0.25) is 0 Å². The molecule has 0 spiro atoms. The van der Waals surface area contributed by atoms with E-state index in [1.54, 1.807) is 30.3 Å². The number of phenols is 1. The lowest BCUT2D eigenvalue weighted by atomic mass is 10.1. The summed E-state index contributed by atoms with van der Waals surface area (Å²) in [6, 6.07) is 9.77. The van der Waals surface area contributed by atoms with Gasteiger partial charge in [-0.25, -0.2) is 8.42 Å². The maximum atomic E-state index is 11.3. The van der Waals surface area contributed by atoms with Crippen molar-refractivity contribution in [3.63, 3.8) is 0 Å². The number of aromatic hydroxyl groups is 1. The van der Waals surface area contributed by atoms with Crippen molar-refractivity contribution in [2.75, 3.05) is 0 Å². The average Bonchev–Trinajstić information content (AvgIpc) is 2.15. The van der Waals surface area contributed by atoms with Gasteiger partial charge in [0.1, 0.15) is 10.6 Å². The predicted octanol–water partition coefficient (Wildman–Crippen LogP) is 2.47. The van der Waals surface area contributed by atoms with Crippen LogP contribution in [0.4, 0.5) is 0 Å². The first kappa shape index (κ1) is 10.3. The molecule has 2 rings (SSSR count). The minimum Gasteiger partial charge on any atom is -0.507 e. The van der Waals surface area contributed by atoms with Gasteiger partial charge in [0.05, 0.1) is 0 Å². The Kier molecular flexibility index (Phi) is 2.32. The van der Waals surface area contributed by atoms with Gasteiger partial charge in [0, 0.05) is 16.1 Å². The van der Waals surface area contributed by atoms with Crippen molar-refractivity contribution in [1.82, 2.24) is 0 Å². The Morgan fingerprint density at radius 3 is 2.40 bits per heavy atom. The molecule has 0 aliphatic rings. The molecule has 0 fully saturated rings. The average molecular weight is 243 g/mol. The first-order valence-electron chi connectivity index (χ1n) is 4.15. The second-order valence-electron chi connectivity index (χ2n) is 3.07. The van der Waals surface area contributed by atoms with Gasteiger partial charge >= 0.3 is 0 Å². The maximum Gasteiger partial charge on any atom is 0.265 e. The lowest BCUT2D eigenvalue weighted by Crippen LogP contribution is -1.92. The molecule has 0 aromatic heterocycles. The van der Waals surface area contributed by atoms with Crippen LogP contribution in [0.1, 0.15) is 0 Å². The van der Waals surface area contributed by atoms with E-state index < -0.39 is 9.05 Å². The van der Waals surface area contributed by atoms with Crippen molar-refractivity contribution >= 4 is 30.5 Å². The quantitative estimate of drug-likeness (QED) is 0.782. The SMILES string of the molecule is O=S(=O)(Cl)c1c(O)ccc2ccccc12. The number of phenolic OH excluding ortho intramolecular Hbond substituents is 1. The Morgan fingerprint density at radius 2 is 1.73 bits per heavy atom. The van der Waals surface area contributed by atoms with Crippen LogP contribution >= 0.6 is 10.7 Å². The van der Waals surface area contributed by atoms with Crippen LogP contribution in [-0.2, 0) is 9.05 Å². The monoisotopic (exact) mass is 242 g/mol. The first-order chi connectivity index (χ1) is 7.00. The Hall–Kier alpha value is -1.26. The van der Waals surface area contributed by atoms with E-state index in [-0.39, 0.29) is 10.6 Å². The van der Waals surface area contributed by atoms with Crippen molar-refractivity contribution in [3.8, 4) is 5.75 Å². The molecule has 78 valence electrons. The molecule has 0 heterocycles. The Balaban J connectivity index is 2.99. The van der Waals surface area contributed by atoms with E-state index in [9.17, 15) is 13.5 Å². The van der Waals surface area contributed by atoms with Crippen LogP contribution in [0.15, 0.2) is 41.3 Å². The van der Waals surface area contributed by atoms with Crippen LogP contribution in [0.5, 0.6) is 5.75 Å². The lowest BCUT2D eigenvalue weighted by Gasteiger charge is -2.05. The van der Waals surface area contributed by atoms with Crippen LogP contribution in [0.25, 0.3) is 10.8 Å². The number of hydrogen-bond acceptors (Lipinski definition) is 3. The summed E-state index contributed by atoms with van der Waals surface area (Å²) < 4.78 is 22.5. The van der Waals surface area contributed by atoms with Crippen molar-refractivity contribution in [3.05, 3.63) is 36.4 Å². The standard InChI is InChI=1S/C10H7ClO3S/c11-15(13,14)10-8-4-2-1-3-7(8)5-6-9(10)12/h1-6,12H. The fourth-order valence-corrected chi connectivity index (χ4v) is 2.74. The molecule has 5 heteroatoms. The highest BCUT2D eigenvalue weighted by atomic mass is 35.7. The molecule has 0 aliphatic carbocycles. The predicted molar refractivity (Wildman–Crippen MR) is 58.7 cm³/mol. The van der Waals surface area contributed by atoms with Gasteiger partial charge in [-0.3, -0.25) is 0 Å². The molecule has 0 bridgehead atoms. The summed E-state index contributed by atoms with van der Waals surface area (Å²) in [5.74, 6) is -0.330. The second kappa shape index (κ2) is 3.40. The van der Waals surface area contributed by atoms with Gasteiger partial charge < -0.3 is 5.11 Å². The second-order valence-corrected chi connectivity index (χ2v) is 5.58. The number of rotatable bonds is 1. The zero-order valence-electron chi connectivity index (χ0n) is 7.51. The van der Waals surface area contributed by atoms with Crippen LogP contribution in [0.3, 0.4) is 0 Å². The van der Waals surface area contributed by atoms with E-state index in [1.807, 2.05) is 0 Å². The summed E-state index contributed by atoms with van der Waals surface area (Å²) in [4.78, 5) is -0.234. The third-order valence-electron chi connectivity index (χ3n) is 2.10. The van der Waals surface area contributed by atoms with E-state index in [0.29, 0.717) is 5.39 Å². The highest BCUT2D eigenvalue weighted by Gasteiger charge is 2.18. The molecule has 15 heavy (non-hydrogen) atoms. The highest BCUT2D eigenvalue weighted by Crippen LogP contribution is 2.33. The van der Waals surface area contributed by atoms with Crippen LogP contribution < -0.4 is 0 Å². The third-order valence-corrected chi connectivity index (χ3v) is 3.48. The normalized spacial score (nSPS) is 11.8.